The van der Waals surface area contributed by atoms with Gasteiger partial charge in [0.25, 0.3) is 0 Å². The van der Waals surface area contributed by atoms with E-state index in [0.29, 0.717) is 25.2 Å². The summed E-state index contributed by atoms with van der Waals surface area (Å²) in [6.07, 6.45) is 0.723. The summed E-state index contributed by atoms with van der Waals surface area (Å²) in [5.74, 6) is 0.525. The van der Waals surface area contributed by atoms with Gasteiger partial charge in [-0.15, -0.1) is 0 Å². The molecule has 2 fully saturated rings. The Labute approximate surface area is 85.0 Å². The van der Waals surface area contributed by atoms with E-state index < -0.39 is 0 Å². The molecule has 82 valence electrons. The van der Waals surface area contributed by atoms with Gasteiger partial charge in [0.2, 0.25) is 0 Å². The molecule has 2 heterocycles. The molecule has 0 aromatic carbocycles. The summed E-state index contributed by atoms with van der Waals surface area (Å²) in [5, 5.41) is 9.70. The Morgan fingerprint density at radius 1 is 1.43 bits per heavy atom. The highest BCUT2D eigenvalue weighted by Gasteiger charge is 2.35. The summed E-state index contributed by atoms with van der Waals surface area (Å²) in [5.41, 5.74) is 5.95. The second-order valence-electron chi connectivity index (χ2n) is 4.60. The number of piperidine rings is 1. The highest BCUT2D eigenvalue weighted by atomic mass is 16.5. The van der Waals surface area contributed by atoms with E-state index in [1.807, 2.05) is 0 Å². The highest BCUT2D eigenvalue weighted by molar-refractivity contribution is 4.89. The van der Waals surface area contributed by atoms with Gasteiger partial charge in [-0.3, -0.25) is 4.90 Å². The van der Waals surface area contributed by atoms with E-state index in [-0.39, 0.29) is 12.1 Å². The lowest BCUT2D eigenvalue weighted by Crippen LogP contribution is -2.52. The van der Waals surface area contributed by atoms with Crippen molar-refractivity contribution >= 4 is 0 Å². The molecule has 2 aliphatic heterocycles. The lowest BCUT2D eigenvalue weighted by atomic mass is 9.93. The molecule has 4 atom stereocenters. The monoisotopic (exact) mass is 200 g/mol. The molecule has 14 heavy (non-hydrogen) atoms. The SMILES string of the molecule is CC1CN(C2COCC2O)CCC1N. The molecule has 0 saturated carbocycles. The summed E-state index contributed by atoms with van der Waals surface area (Å²) in [4.78, 5) is 2.33. The van der Waals surface area contributed by atoms with Crippen LogP contribution in [0.25, 0.3) is 0 Å². The smallest absolute Gasteiger partial charge is 0.0950 e. The van der Waals surface area contributed by atoms with Gasteiger partial charge in [0.15, 0.2) is 0 Å². The van der Waals surface area contributed by atoms with Crippen molar-refractivity contribution in [3.63, 3.8) is 0 Å². The molecule has 0 aromatic rings. The minimum absolute atomic E-state index is 0.199. The summed E-state index contributed by atoms with van der Waals surface area (Å²) >= 11 is 0. The van der Waals surface area contributed by atoms with Crippen LogP contribution in [0, 0.1) is 5.92 Å². The van der Waals surface area contributed by atoms with Gasteiger partial charge in [-0.1, -0.05) is 6.92 Å². The second-order valence-corrected chi connectivity index (χ2v) is 4.60. The van der Waals surface area contributed by atoms with Gasteiger partial charge in [-0.2, -0.15) is 0 Å². The number of nitrogens with two attached hydrogens (primary N) is 1. The normalized spacial score (nSPS) is 45.6. The average Bonchev–Trinajstić information content (AvgIpc) is 2.57. The van der Waals surface area contributed by atoms with Gasteiger partial charge in [0.1, 0.15) is 0 Å². The first-order valence-electron chi connectivity index (χ1n) is 5.44. The van der Waals surface area contributed by atoms with Gasteiger partial charge < -0.3 is 15.6 Å². The fourth-order valence-corrected chi connectivity index (χ4v) is 2.38. The van der Waals surface area contributed by atoms with Gasteiger partial charge in [0.05, 0.1) is 25.4 Å². The first-order chi connectivity index (χ1) is 6.68. The average molecular weight is 200 g/mol. The Balaban J connectivity index is 1.92. The van der Waals surface area contributed by atoms with Gasteiger partial charge in [-0.25, -0.2) is 0 Å². The fourth-order valence-electron chi connectivity index (χ4n) is 2.38. The van der Waals surface area contributed by atoms with Crippen LogP contribution >= 0.6 is 0 Å². The Morgan fingerprint density at radius 2 is 2.21 bits per heavy atom. The molecule has 4 heteroatoms. The van der Waals surface area contributed by atoms with Crippen LogP contribution in [0.5, 0.6) is 0 Å². The number of aliphatic hydroxyl groups excluding tert-OH is 1. The van der Waals surface area contributed by atoms with Gasteiger partial charge in [0, 0.05) is 19.1 Å². The van der Waals surface area contributed by atoms with Crippen LogP contribution in [0.15, 0.2) is 0 Å². The third-order valence-corrected chi connectivity index (χ3v) is 3.49. The molecular weight excluding hydrogens is 180 g/mol. The quantitative estimate of drug-likeness (QED) is 0.594. The van der Waals surface area contributed by atoms with Crippen molar-refractivity contribution in [1.82, 2.24) is 4.90 Å². The van der Waals surface area contributed by atoms with E-state index in [2.05, 4.69) is 11.8 Å². The number of hydrogen-bond acceptors (Lipinski definition) is 4. The lowest BCUT2D eigenvalue weighted by Gasteiger charge is -2.39. The van der Waals surface area contributed by atoms with Crippen LogP contribution < -0.4 is 5.73 Å². The number of rotatable bonds is 1. The Hall–Kier alpha value is -0.160. The minimum Gasteiger partial charge on any atom is -0.389 e. The summed E-state index contributed by atoms with van der Waals surface area (Å²) < 4.78 is 5.26. The topological polar surface area (TPSA) is 58.7 Å². The van der Waals surface area contributed by atoms with Crippen molar-refractivity contribution in [2.75, 3.05) is 26.3 Å². The van der Waals surface area contributed by atoms with Crippen LogP contribution in [-0.2, 0) is 4.74 Å². The number of hydrogen-bond donors (Lipinski definition) is 2. The largest absolute Gasteiger partial charge is 0.389 e. The number of ether oxygens (including phenoxy) is 1. The van der Waals surface area contributed by atoms with E-state index in [0.717, 1.165) is 19.5 Å². The van der Waals surface area contributed by atoms with Gasteiger partial charge in [-0.05, 0) is 12.3 Å². The summed E-state index contributed by atoms with van der Waals surface area (Å²) in [6.45, 7) is 5.33. The molecule has 0 amide bonds. The lowest BCUT2D eigenvalue weighted by molar-refractivity contribution is 0.0506. The Kier molecular flexibility index (Phi) is 3.07. The van der Waals surface area contributed by atoms with E-state index in [4.69, 9.17) is 10.5 Å². The van der Waals surface area contributed by atoms with Crippen LogP contribution in [0.2, 0.25) is 0 Å². The zero-order valence-electron chi connectivity index (χ0n) is 8.72. The van der Waals surface area contributed by atoms with Gasteiger partial charge >= 0.3 is 0 Å². The molecule has 0 aromatic heterocycles. The zero-order chi connectivity index (χ0) is 10.1. The molecule has 2 aliphatic rings. The molecule has 4 unspecified atom stereocenters. The predicted octanol–water partition coefficient (Wildman–Crippen LogP) is -0.585. The number of nitrogens with zero attached hydrogens (tertiary/aromatic N) is 1. The maximum absolute atomic E-state index is 9.70. The maximum Gasteiger partial charge on any atom is 0.0950 e. The van der Waals surface area contributed by atoms with E-state index in [1.165, 1.54) is 0 Å². The standard InChI is InChI=1S/C10H20N2O2/c1-7-4-12(3-2-8(7)11)9-5-14-6-10(9)13/h7-10,13H,2-6,11H2,1H3. The highest BCUT2D eigenvalue weighted by Crippen LogP contribution is 2.21. The third kappa shape index (κ3) is 1.93. The van der Waals surface area contributed by atoms with Crippen LogP contribution in [-0.4, -0.2) is 54.5 Å². The fraction of sp³-hybridized carbons (Fsp3) is 1.00. The zero-order valence-corrected chi connectivity index (χ0v) is 8.72. The first-order valence-corrected chi connectivity index (χ1v) is 5.44. The maximum atomic E-state index is 9.70. The molecular formula is C10H20N2O2. The van der Waals surface area contributed by atoms with E-state index >= 15 is 0 Å². The molecule has 4 nitrogen and oxygen atoms in total. The molecule has 0 bridgehead atoms. The van der Waals surface area contributed by atoms with Crippen molar-refractivity contribution in [3.8, 4) is 0 Å². The van der Waals surface area contributed by atoms with Crippen LogP contribution in [0.3, 0.4) is 0 Å². The predicted molar refractivity (Wildman–Crippen MR) is 53.9 cm³/mol. The number of likely N-dealkylation sites (tertiary alicyclic amines) is 1. The van der Waals surface area contributed by atoms with Crippen molar-refractivity contribution < 1.29 is 9.84 Å². The number of aliphatic hydroxyl groups is 1. The molecule has 3 N–H and O–H groups in total. The second kappa shape index (κ2) is 4.14. The van der Waals surface area contributed by atoms with Crippen molar-refractivity contribution in [1.29, 1.82) is 0 Å². The molecule has 0 radical (unpaired) electrons. The summed E-state index contributed by atoms with van der Waals surface area (Å²) in [6, 6.07) is 0.524. The Bertz CT molecular complexity index is 201. The third-order valence-electron chi connectivity index (χ3n) is 3.49. The van der Waals surface area contributed by atoms with E-state index in [1.54, 1.807) is 0 Å². The minimum atomic E-state index is -0.309. The van der Waals surface area contributed by atoms with Crippen molar-refractivity contribution in [2.24, 2.45) is 11.7 Å². The Morgan fingerprint density at radius 3 is 2.79 bits per heavy atom. The summed E-state index contributed by atoms with van der Waals surface area (Å²) in [7, 11) is 0. The van der Waals surface area contributed by atoms with Crippen molar-refractivity contribution in [3.05, 3.63) is 0 Å². The first kappa shape index (κ1) is 10.4. The van der Waals surface area contributed by atoms with Crippen molar-refractivity contribution in [2.45, 2.75) is 31.5 Å². The van der Waals surface area contributed by atoms with Crippen LogP contribution in [0.4, 0.5) is 0 Å². The molecule has 2 saturated heterocycles. The van der Waals surface area contributed by atoms with E-state index in [9.17, 15) is 5.11 Å². The van der Waals surface area contributed by atoms with Crippen LogP contribution in [0.1, 0.15) is 13.3 Å². The molecule has 0 aliphatic carbocycles. The molecule has 2 rings (SSSR count). The molecule has 0 spiro atoms.